The van der Waals surface area contributed by atoms with Gasteiger partial charge in [0.15, 0.2) is 0 Å². The van der Waals surface area contributed by atoms with Crippen molar-refractivity contribution >= 4 is 117 Å². The van der Waals surface area contributed by atoms with Crippen LogP contribution in [0.15, 0.2) is 94.7 Å². The van der Waals surface area contributed by atoms with Gasteiger partial charge in [0.05, 0.1) is 41.4 Å². The van der Waals surface area contributed by atoms with Crippen molar-refractivity contribution in [2.24, 2.45) is 0 Å². The van der Waals surface area contributed by atoms with Crippen LogP contribution in [-0.2, 0) is 29.1 Å². The van der Waals surface area contributed by atoms with Gasteiger partial charge in [0.1, 0.15) is 16.7 Å². The number of anilines is 10. The number of carbonyl (C=O) groups is 4. The maximum absolute atomic E-state index is 12.6. The van der Waals surface area contributed by atoms with E-state index in [2.05, 4.69) is 60.5 Å². The van der Waals surface area contributed by atoms with Crippen LogP contribution in [0.2, 0.25) is 0 Å². The summed E-state index contributed by atoms with van der Waals surface area (Å²) in [5.74, 6) is -6.25. The molecule has 352 valence electrons. The molecular formula is C40H31N12Na5O14S2. The molecule has 0 fully saturated rings. The maximum atomic E-state index is 12.6. The predicted octanol–water partition coefficient (Wildman–Crippen LogP) is -15.2. The van der Waals surface area contributed by atoms with Crippen LogP contribution in [0.4, 0.5) is 58.4 Å². The summed E-state index contributed by atoms with van der Waals surface area (Å²) >= 11 is 0.458. The van der Waals surface area contributed by atoms with Crippen LogP contribution in [0.5, 0.6) is 0 Å². The molecule has 0 saturated carbocycles. The first-order valence-corrected chi connectivity index (χ1v) is 21.1. The molecule has 2 heterocycles. The average molecular weight is 1080 g/mol. The topological polar surface area (TPSA) is 388 Å². The summed E-state index contributed by atoms with van der Waals surface area (Å²) in [5, 5.41) is 68.9. The van der Waals surface area contributed by atoms with E-state index in [1.807, 2.05) is 0 Å². The van der Waals surface area contributed by atoms with Gasteiger partial charge in [-0.1, -0.05) is 48.6 Å². The minimum Gasteiger partial charge on any atom is -0.744 e. The number of aromatic nitrogens is 6. The molecule has 0 amide bonds. The van der Waals surface area contributed by atoms with Crippen LogP contribution < -0.4 is 199 Å². The van der Waals surface area contributed by atoms with Crippen molar-refractivity contribution in [3.05, 3.63) is 107 Å². The normalized spacial score (nSPS) is 10.4. The van der Waals surface area contributed by atoms with Crippen LogP contribution in [-0.4, -0.2) is 99.0 Å². The predicted molar refractivity (Wildman–Crippen MR) is 231 cm³/mol. The molecule has 0 aliphatic rings. The number of aromatic carboxylic acids is 2. The summed E-state index contributed by atoms with van der Waals surface area (Å²) in [6.07, 6.45) is 2.69. The molecule has 2 aromatic heterocycles. The molecule has 0 bridgehead atoms. The Kier molecular flexibility index (Phi) is 29.1. The summed E-state index contributed by atoms with van der Waals surface area (Å²) < 4.78 is 42.4. The second-order valence-corrected chi connectivity index (χ2v) is 15.9. The quantitative estimate of drug-likeness (QED) is 0.0105. The zero-order valence-corrected chi connectivity index (χ0v) is 51.4. The Labute approximate surface area is 529 Å². The van der Waals surface area contributed by atoms with Crippen molar-refractivity contribution in [2.75, 3.05) is 58.3 Å². The number of aliphatic carboxylic acids is 2. The first kappa shape index (κ1) is 67.5. The number of hydrogen-bond acceptors (Lipinski definition) is 26. The van der Waals surface area contributed by atoms with Gasteiger partial charge in [0.2, 0.25) is 35.7 Å². The second-order valence-electron chi connectivity index (χ2n) is 13.8. The second kappa shape index (κ2) is 31.5. The van der Waals surface area contributed by atoms with Gasteiger partial charge >= 0.3 is 154 Å². The number of likely N-dealkylation sites (N-methyl/N-ethyl adjacent to an activating group) is 2. The Balaban J connectivity index is 0.00000533. The molecule has 0 spiro atoms. The van der Waals surface area contributed by atoms with Crippen LogP contribution >= 0.6 is 12.0 Å². The number of nitrogens with zero attached hydrogens (tertiary/aromatic N) is 8. The molecule has 26 nitrogen and oxygen atoms in total. The molecule has 0 saturated heterocycles. The molecule has 6 aromatic rings. The summed E-state index contributed by atoms with van der Waals surface area (Å²) in [6.45, 7) is -1.13. The van der Waals surface area contributed by atoms with E-state index in [9.17, 15) is 57.8 Å². The van der Waals surface area contributed by atoms with E-state index in [4.69, 9.17) is 0 Å². The molecule has 73 heavy (non-hydrogen) atoms. The van der Waals surface area contributed by atoms with Gasteiger partial charge in [0.25, 0.3) is 0 Å². The number of carbonyl (C=O) groups excluding carboxylic acids is 3. The van der Waals surface area contributed by atoms with Crippen molar-refractivity contribution in [3.63, 3.8) is 0 Å². The zero-order chi connectivity index (χ0) is 49.1. The molecule has 0 atom stereocenters. The minimum absolute atomic E-state index is 0. The van der Waals surface area contributed by atoms with Crippen LogP contribution in [0.25, 0.3) is 12.2 Å². The summed E-state index contributed by atoms with van der Waals surface area (Å²) in [4.78, 5) is 72.5. The number of benzene rings is 4. The SMILES string of the molecule is CN(CC(=O)[O-])c1nc(Nc2ccc(C(=O)[O-])cc2)nc(Nc2ccc(/C=C/c3ccc(Nc4nc(Nc5ccc(C(=O)[O-])cc5)nc(N(C)CC(=O)O)n4)cc3S(=O)(=O)[O-])c(SOO[O-])c2)n1.[Na+].[Na+].[Na+].[Na+].[Na+]. The number of carboxylic acids is 4. The smallest absolute Gasteiger partial charge is 0.744 e. The Morgan fingerprint density at radius 2 is 0.986 bits per heavy atom. The van der Waals surface area contributed by atoms with E-state index >= 15 is 0 Å². The third-order valence-corrected chi connectivity index (χ3v) is 10.4. The van der Waals surface area contributed by atoms with Gasteiger partial charge in [0, 0.05) is 41.7 Å². The van der Waals surface area contributed by atoms with E-state index in [-0.39, 0.29) is 216 Å². The third-order valence-electron chi connectivity index (χ3n) is 8.83. The van der Waals surface area contributed by atoms with Crippen molar-refractivity contribution in [2.45, 2.75) is 9.79 Å². The standard InChI is InChI=1S/C40H36N12O14S2.5Na/c1-51(19-31(53)54)39-47-35(41-25-11-7-23(8-12-25)33(57)58)45-37(49-39)43-27-15-5-21(29(17-27)67-66-65-61)3-4-22-6-16-28(18-30(22)68(62,63)64)44-38-46-36(48-40(50-38)52(2)20-32(55)56)42-26-13-9-24(10-14-26)34(59)60;;;;;/h3-18,61H,19-20H2,1-2H3,(H,53,54)(H,55,56)(H,57,58)(H,59,60)(H,62,63,64)(H2,41,43,45,47,49)(H2,42,44,46,48,50);;;;;/q;5*+1/p-5/b4-3+;;;;;. The molecule has 0 aliphatic carbocycles. The van der Waals surface area contributed by atoms with Gasteiger partial charge in [-0.15, -0.1) is 0 Å². The average Bonchev–Trinajstić information content (AvgIpc) is 3.27. The van der Waals surface area contributed by atoms with Gasteiger partial charge in [-0.25, -0.2) is 8.42 Å². The molecule has 5 N–H and O–H groups in total. The number of carboxylic acid groups (broad SMARTS) is 4. The van der Waals surface area contributed by atoms with Crippen molar-refractivity contribution in [3.8, 4) is 0 Å². The summed E-state index contributed by atoms with van der Waals surface area (Å²) in [7, 11) is -2.40. The minimum atomic E-state index is -5.17. The Morgan fingerprint density at radius 3 is 1.38 bits per heavy atom. The molecule has 0 aliphatic heterocycles. The molecule has 6 rings (SSSR count). The van der Waals surface area contributed by atoms with Gasteiger partial charge < -0.3 is 75.7 Å². The molecular weight excluding hydrogens is 1050 g/mol. The van der Waals surface area contributed by atoms with Crippen molar-refractivity contribution < 1.29 is 215 Å². The van der Waals surface area contributed by atoms with Crippen LogP contribution in [0, 0.1) is 0 Å². The molecule has 4 aromatic carbocycles. The largest absolute Gasteiger partial charge is 1.00 e. The molecule has 0 radical (unpaired) electrons. The number of rotatable bonds is 22. The molecule has 0 unspecified atom stereocenters. The Bertz CT molecular complexity index is 3030. The summed E-state index contributed by atoms with van der Waals surface area (Å²) in [6, 6.07) is 18.9. The zero-order valence-electron chi connectivity index (χ0n) is 39.8. The first-order chi connectivity index (χ1) is 32.3. The van der Waals surface area contributed by atoms with E-state index in [1.165, 1.54) is 110 Å². The number of hydrogen-bond donors (Lipinski definition) is 5. The van der Waals surface area contributed by atoms with Gasteiger partial charge in [-0.2, -0.15) is 34.2 Å². The van der Waals surface area contributed by atoms with Crippen LogP contribution in [0.3, 0.4) is 0 Å². The monoisotopic (exact) mass is 1080 g/mol. The van der Waals surface area contributed by atoms with Crippen molar-refractivity contribution in [1.82, 2.24) is 29.9 Å². The maximum Gasteiger partial charge on any atom is 1.00 e. The molecule has 33 heteroatoms. The Hall–Kier alpha value is -3.54. The Morgan fingerprint density at radius 1 is 0.603 bits per heavy atom. The fourth-order valence-corrected chi connectivity index (χ4v) is 6.95. The fraction of sp³-hybridized carbons (Fsp3) is 0.100. The van der Waals surface area contributed by atoms with Crippen molar-refractivity contribution in [1.29, 1.82) is 0 Å². The fourth-order valence-electron chi connectivity index (χ4n) is 5.75. The van der Waals surface area contributed by atoms with E-state index in [0.717, 1.165) is 11.0 Å². The number of nitrogens with one attached hydrogen (secondary N) is 4. The van der Waals surface area contributed by atoms with E-state index < -0.39 is 52.0 Å². The van der Waals surface area contributed by atoms with E-state index in [1.54, 1.807) is 0 Å². The third kappa shape index (κ3) is 20.5. The summed E-state index contributed by atoms with van der Waals surface area (Å²) in [5.41, 5.74) is 0.989. The van der Waals surface area contributed by atoms with Gasteiger partial charge in [-0.05, 0) is 70.8 Å². The van der Waals surface area contributed by atoms with Gasteiger partial charge in [-0.3, -0.25) is 9.83 Å². The van der Waals surface area contributed by atoms with Crippen LogP contribution in [0.1, 0.15) is 31.8 Å². The first-order valence-electron chi connectivity index (χ1n) is 19.0. The van der Waals surface area contributed by atoms with E-state index in [0.29, 0.717) is 29.0 Å².